The molecule has 0 bridgehead atoms. The molecule has 310 valence electrons. The van der Waals surface area contributed by atoms with Crippen molar-refractivity contribution in [3.63, 3.8) is 0 Å². The van der Waals surface area contributed by atoms with E-state index in [1.165, 1.54) is 41.3 Å². The third-order valence-corrected chi connectivity index (χ3v) is 5.89. The molecule has 56 heavy (non-hydrogen) atoms. The number of nitrogens with one attached hydrogen (secondary N) is 1. The molecule has 25 heteroatoms. The SMILES string of the molecule is C.Cl.NC(=Nc1ccc(OC(F)(F)F)cc1)N=C(N)N1CCCC(F)(F)C1.Nc1ccc(OC(F)(F)F)cc1.[C-]#[N+]N=C(N)Nc1ccc(OC(F)(F)F)cc1. The Balaban J connectivity index is 0.000000851. The number of ether oxygens (including phenoxy) is 3. The molecule has 4 rings (SSSR count). The first kappa shape index (κ1) is 49.9. The molecular formula is C31H34ClF11N10O3. The first-order chi connectivity index (χ1) is 24.9. The third-order valence-electron chi connectivity index (χ3n) is 5.89. The van der Waals surface area contributed by atoms with Gasteiger partial charge in [0.2, 0.25) is 5.96 Å². The van der Waals surface area contributed by atoms with E-state index in [2.05, 4.69) is 39.6 Å². The second kappa shape index (κ2) is 21.7. The Bertz CT molecular complexity index is 1770. The molecule has 0 aliphatic carbocycles. The van der Waals surface area contributed by atoms with Crippen LogP contribution in [0.5, 0.6) is 17.2 Å². The van der Waals surface area contributed by atoms with Gasteiger partial charge < -0.3 is 47.4 Å². The van der Waals surface area contributed by atoms with Gasteiger partial charge in [0.1, 0.15) is 22.3 Å². The molecule has 13 nitrogen and oxygen atoms in total. The van der Waals surface area contributed by atoms with Crippen LogP contribution in [0.2, 0.25) is 0 Å². The molecule has 9 N–H and O–H groups in total. The van der Waals surface area contributed by atoms with Gasteiger partial charge in [0, 0.05) is 24.3 Å². The van der Waals surface area contributed by atoms with E-state index >= 15 is 0 Å². The zero-order valence-electron chi connectivity index (χ0n) is 27.6. The van der Waals surface area contributed by atoms with Gasteiger partial charge in [-0.25, -0.2) is 13.8 Å². The van der Waals surface area contributed by atoms with Crippen molar-refractivity contribution in [2.75, 3.05) is 24.1 Å². The fraction of sp³-hybridized carbons (Fsp3) is 0.290. The molecule has 1 saturated heterocycles. The lowest BCUT2D eigenvalue weighted by atomic mass is 10.1. The summed E-state index contributed by atoms with van der Waals surface area (Å²) in [6, 6.07) is 14.4. The summed E-state index contributed by atoms with van der Waals surface area (Å²) in [5.41, 5.74) is 22.7. The van der Waals surface area contributed by atoms with Crippen LogP contribution < -0.4 is 42.5 Å². The van der Waals surface area contributed by atoms with E-state index in [0.29, 0.717) is 17.9 Å². The lowest BCUT2D eigenvalue weighted by molar-refractivity contribution is -0.275. The molecule has 1 aliphatic rings. The summed E-state index contributed by atoms with van der Waals surface area (Å²) < 4.78 is 144. The zero-order chi connectivity index (χ0) is 40.7. The predicted molar refractivity (Wildman–Crippen MR) is 188 cm³/mol. The summed E-state index contributed by atoms with van der Waals surface area (Å²) in [4.78, 5) is 11.5. The van der Waals surface area contributed by atoms with Crippen LogP contribution in [0.4, 0.5) is 65.4 Å². The van der Waals surface area contributed by atoms with Crippen LogP contribution in [0.1, 0.15) is 20.3 Å². The van der Waals surface area contributed by atoms with Gasteiger partial charge in [0.05, 0.1) is 12.2 Å². The number of anilines is 2. The summed E-state index contributed by atoms with van der Waals surface area (Å²) in [7, 11) is 0. The number of benzene rings is 3. The van der Waals surface area contributed by atoms with Crippen LogP contribution in [0.25, 0.3) is 4.95 Å². The smallest absolute Gasteiger partial charge is 0.406 e. The molecule has 0 aromatic heterocycles. The summed E-state index contributed by atoms with van der Waals surface area (Å²) in [6.07, 6.45) is -14.1. The highest BCUT2D eigenvalue weighted by atomic mass is 35.5. The number of nitrogens with two attached hydrogens (primary N) is 4. The minimum absolute atomic E-state index is 0. The van der Waals surface area contributed by atoms with Gasteiger partial charge in [0.25, 0.3) is 11.9 Å². The van der Waals surface area contributed by atoms with Crippen molar-refractivity contribution < 1.29 is 62.5 Å². The topological polar surface area (TPSA) is 188 Å². The highest BCUT2D eigenvalue weighted by Gasteiger charge is 2.36. The molecule has 0 saturated carbocycles. The Labute approximate surface area is 318 Å². The Hall–Kier alpha value is -6.12. The van der Waals surface area contributed by atoms with E-state index in [0.717, 1.165) is 36.4 Å². The van der Waals surface area contributed by atoms with Crippen LogP contribution in [0.15, 0.2) is 87.9 Å². The predicted octanol–water partition coefficient (Wildman–Crippen LogP) is 7.95. The maximum atomic E-state index is 13.3. The van der Waals surface area contributed by atoms with E-state index < -0.39 is 37.3 Å². The molecule has 0 unspecified atom stereocenters. The normalized spacial score (nSPS) is 14.5. The van der Waals surface area contributed by atoms with Crippen molar-refractivity contribution >= 4 is 47.3 Å². The maximum absolute atomic E-state index is 13.3. The number of nitrogens with zero attached hydrogens (tertiary/aromatic N) is 5. The second-order valence-corrected chi connectivity index (χ2v) is 10.3. The average molecular weight is 839 g/mol. The van der Waals surface area contributed by atoms with Crippen LogP contribution in [0.3, 0.4) is 0 Å². The molecule has 0 amide bonds. The van der Waals surface area contributed by atoms with E-state index in [-0.39, 0.29) is 67.7 Å². The molecule has 0 radical (unpaired) electrons. The lowest BCUT2D eigenvalue weighted by Gasteiger charge is -2.32. The van der Waals surface area contributed by atoms with Crippen molar-refractivity contribution in [3.8, 4) is 17.2 Å². The van der Waals surface area contributed by atoms with Crippen molar-refractivity contribution in [2.45, 2.75) is 45.3 Å². The number of alkyl halides is 11. The monoisotopic (exact) mass is 838 g/mol. The molecule has 1 heterocycles. The van der Waals surface area contributed by atoms with Gasteiger partial charge in [-0.1, -0.05) is 7.43 Å². The summed E-state index contributed by atoms with van der Waals surface area (Å²) >= 11 is 0. The number of rotatable bonds is 5. The number of hydrogen-bond donors (Lipinski definition) is 5. The number of nitrogen functional groups attached to an aromatic ring is 1. The van der Waals surface area contributed by atoms with Crippen molar-refractivity contribution in [1.29, 1.82) is 0 Å². The number of aliphatic imine (C=N–C) groups is 2. The molecular weight excluding hydrogens is 805 g/mol. The fourth-order valence-corrected chi connectivity index (χ4v) is 3.87. The molecule has 0 spiro atoms. The quantitative estimate of drug-likeness (QED) is 0.0424. The first-order valence-corrected chi connectivity index (χ1v) is 14.5. The number of likely N-dealkylation sites (tertiary alicyclic amines) is 1. The second-order valence-electron chi connectivity index (χ2n) is 10.3. The molecule has 1 fully saturated rings. The van der Waals surface area contributed by atoms with Crippen LogP contribution in [-0.2, 0) is 0 Å². The van der Waals surface area contributed by atoms with Crippen molar-refractivity contribution in [1.82, 2.24) is 4.90 Å². The Morgan fingerprint density at radius 3 is 1.59 bits per heavy atom. The van der Waals surface area contributed by atoms with Crippen LogP contribution in [-0.4, -0.2) is 60.9 Å². The number of guanidine groups is 3. The summed E-state index contributed by atoms with van der Waals surface area (Å²) in [5, 5.41) is 5.68. The molecule has 3 aromatic carbocycles. The van der Waals surface area contributed by atoms with E-state index in [4.69, 9.17) is 29.5 Å². The first-order valence-electron chi connectivity index (χ1n) is 14.5. The van der Waals surface area contributed by atoms with Crippen LogP contribution in [0, 0.1) is 6.57 Å². The Morgan fingerprint density at radius 2 is 1.18 bits per heavy atom. The third kappa shape index (κ3) is 21.5. The van der Waals surface area contributed by atoms with E-state index in [9.17, 15) is 48.3 Å². The van der Waals surface area contributed by atoms with Gasteiger partial charge in [-0.05, 0) is 79.2 Å². The minimum Gasteiger partial charge on any atom is -0.406 e. The maximum Gasteiger partial charge on any atom is 0.573 e. The highest BCUT2D eigenvalue weighted by Crippen LogP contribution is 2.28. The van der Waals surface area contributed by atoms with Crippen LogP contribution >= 0.6 is 12.4 Å². The summed E-state index contributed by atoms with van der Waals surface area (Å²) in [5.74, 6) is -4.53. The van der Waals surface area contributed by atoms with Gasteiger partial charge in [-0.2, -0.15) is 11.6 Å². The molecule has 3 aromatic rings. The van der Waals surface area contributed by atoms with Gasteiger partial charge in [-0.3, -0.25) is 0 Å². The van der Waals surface area contributed by atoms with Crippen molar-refractivity contribution in [3.05, 3.63) is 84.3 Å². The Morgan fingerprint density at radius 1 is 0.750 bits per heavy atom. The number of hydrogen-bond acceptors (Lipinski definition) is 6. The number of piperidine rings is 1. The van der Waals surface area contributed by atoms with E-state index in [1.54, 1.807) is 0 Å². The average Bonchev–Trinajstić information content (AvgIpc) is 3.02. The van der Waals surface area contributed by atoms with Gasteiger partial charge in [0.15, 0.2) is 5.96 Å². The summed E-state index contributed by atoms with van der Waals surface area (Å²) in [6.45, 7) is 6.17. The highest BCUT2D eigenvalue weighted by molar-refractivity contribution is 5.94. The zero-order valence-corrected chi connectivity index (χ0v) is 28.4. The number of halogens is 12. The van der Waals surface area contributed by atoms with Gasteiger partial charge >= 0.3 is 19.1 Å². The van der Waals surface area contributed by atoms with Gasteiger partial charge in [-0.15, -0.1) is 56.9 Å². The largest absolute Gasteiger partial charge is 0.573 e. The van der Waals surface area contributed by atoms with E-state index in [1.807, 2.05) is 0 Å². The minimum atomic E-state index is -4.79. The standard InChI is InChI=1S/C14H16F5N5O.C9H7F3N4O.C7H6F3NO.CH4.ClH/c15-13(16)6-1-7-24(8-13)12(21)23-11(20)22-9-2-4-10(5-3-9)25-14(17,18)19;1-14-16-8(13)15-6-2-4-7(5-3-6)17-9(10,11)12;8-7(9,10)12-6-3-1-5(11)2-4-6;;/h2-5H,1,6-8H2,(H4,20,21,22,23);2-5H,(H3,13,15,16);1-4H,11H2;1H4;1H. The van der Waals surface area contributed by atoms with Crippen molar-refractivity contribution in [2.24, 2.45) is 32.3 Å². The lowest BCUT2D eigenvalue weighted by Crippen LogP contribution is -2.49. The Kier molecular flexibility index (Phi) is 19.3. The molecule has 0 atom stereocenters. The fourth-order valence-electron chi connectivity index (χ4n) is 3.87. The molecule has 1 aliphatic heterocycles.